The molecule has 0 saturated carbocycles. The minimum atomic E-state index is -3.72. The van der Waals surface area contributed by atoms with Gasteiger partial charge in [-0.2, -0.15) is 0 Å². The summed E-state index contributed by atoms with van der Waals surface area (Å²) in [6.07, 6.45) is 1.65. The van der Waals surface area contributed by atoms with E-state index < -0.39 is 19.4 Å². The van der Waals surface area contributed by atoms with Crippen molar-refractivity contribution in [3.8, 4) is 0 Å². The van der Waals surface area contributed by atoms with E-state index in [4.69, 9.17) is 4.43 Å². The van der Waals surface area contributed by atoms with E-state index in [2.05, 4.69) is 0 Å². The third-order valence-corrected chi connectivity index (χ3v) is 4.29. The van der Waals surface area contributed by atoms with Crippen molar-refractivity contribution in [1.82, 2.24) is 0 Å². The van der Waals surface area contributed by atoms with Gasteiger partial charge in [0.25, 0.3) is 0 Å². The first-order valence-corrected chi connectivity index (χ1v) is 6.19. The van der Waals surface area contributed by atoms with Crippen LogP contribution in [-0.4, -0.2) is 30.8 Å². The predicted molar refractivity (Wildman–Crippen MR) is 50.2 cm³/mol. The third kappa shape index (κ3) is 3.37. The first-order chi connectivity index (χ1) is 5.95. The normalized spacial score (nSPS) is 11.4. The van der Waals surface area contributed by atoms with E-state index in [0.717, 1.165) is 12.8 Å². The van der Waals surface area contributed by atoms with E-state index in [1.165, 1.54) is 13.8 Å². The summed E-state index contributed by atoms with van der Waals surface area (Å²) < 4.78 is 4.99. The number of hydrogen-bond donors (Lipinski definition) is 1. The van der Waals surface area contributed by atoms with Crippen molar-refractivity contribution in [3.63, 3.8) is 0 Å². The SMILES string of the molecule is CCCCO[Si](O)(C(C)=O)C(C)=O. The standard InChI is InChI=1S/C8H16O4Si/c1-4-5-6-12-13(11,7(2)9)8(3)10/h11H,4-6H2,1-3H3. The van der Waals surface area contributed by atoms with Gasteiger partial charge in [-0.3, -0.25) is 9.59 Å². The molecule has 0 radical (unpaired) electrons. The molecule has 13 heavy (non-hydrogen) atoms. The summed E-state index contributed by atoms with van der Waals surface area (Å²) >= 11 is 0. The molecule has 76 valence electrons. The molecule has 0 aromatic carbocycles. The van der Waals surface area contributed by atoms with Crippen LogP contribution in [0.4, 0.5) is 0 Å². The van der Waals surface area contributed by atoms with Crippen molar-refractivity contribution in [3.05, 3.63) is 0 Å². The number of carbonyl (C=O) groups is 2. The highest BCUT2D eigenvalue weighted by molar-refractivity contribution is 7.16. The van der Waals surface area contributed by atoms with E-state index in [0.29, 0.717) is 0 Å². The number of hydrogen-bond acceptors (Lipinski definition) is 4. The lowest BCUT2D eigenvalue weighted by atomic mass is 10.4. The third-order valence-electron chi connectivity index (χ3n) is 1.76. The summed E-state index contributed by atoms with van der Waals surface area (Å²) in [5.41, 5.74) is 0. The maximum atomic E-state index is 11.0. The van der Waals surface area contributed by atoms with Crippen LogP contribution in [0.3, 0.4) is 0 Å². The van der Waals surface area contributed by atoms with Crippen LogP contribution in [0.25, 0.3) is 0 Å². The van der Waals surface area contributed by atoms with Gasteiger partial charge < -0.3 is 9.22 Å². The molecule has 0 bridgehead atoms. The molecule has 0 aliphatic carbocycles. The van der Waals surface area contributed by atoms with Crippen molar-refractivity contribution in [2.75, 3.05) is 6.61 Å². The molecular formula is C8H16O4Si. The first-order valence-electron chi connectivity index (χ1n) is 4.33. The zero-order valence-corrected chi connectivity index (χ0v) is 9.29. The van der Waals surface area contributed by atoms with Gasteiger partial charge >= 0.3 is 8.56 Å². The Hall–Kier alpha value is -0.523. The maximum Gasteiger partial charge on any atom is 0.477 e. The van der Waals surface area contributed by atoms with Crippen molar-refractivity contribution < 1.29 is 18.8 Å². The molecule has 5 heteroatoms. The van der Waals surface area contributed by atoms with Crippen LogP contribution >= 0.6 is 0 Å². The molecule has 0 aliphatic heterocycles. The molecule has 0 aromatic heterocycles. The van der Waals surface area contributed by atoms with Gasteiger partial charge in [0.05, 0.1) is 0 Å². The number of unbranched alkanes of at least 4 members (excludes halogenated alkanes) is 1. The van der Waals surface area contributed by atoms with Crippen LogP contribution in [0.5, 0.6) is 0 Å². The van der Waals surface area contributed by atoms with Crippen LogP contribution < -0.4 is 0 Å². The molecule has 0 unspecified atom stereocenters. The quantitative estimate of drug-likeness (QED) is 0.505. The molecule has 0 amide bonds. The molecule has 0 spiro atoms. The van der Waals surface area contributed by atoms with Crippen molar-refractivity contribution in [2.24, 2.45) is 0 Å². The summed E-state index contributed by atoms with van der Waals surface area (Å²) in [4.78, 5) is 31.5. The summed E-state index contributed by atoms with van der Waals surface area (Å²) in [5, 5.41) is -1.06. The van der Waals surface area contributed by atoms with Crippen LogP contribution in [0, 0.1) is 0 Å². The molecule has 0 aliphatic rings. The number of carbonyl (C=O) groups excluding carboxylic acids is 2. The molecule has 0 rings (SSSR count). The fourth-order valence-electron chi connectivity index (χ4n) is 0.815. The maximum absolute atomic E-state index is 11.0. The second kappa shape index (κ2) is 5.26. The van der Waals surface area contributed by atoms with Crippen LogP contribution in [0.15, 0.2) is 0 Å². The molecule has 0 saturated heterocycles. The van der Waals surface area contributed by atoms with Gasteiger partial charge in [0.1, 0.15) is 0 Å². The Morgan fingerprint density at radius 3 is 2.08 bits per heavy atom. The predicted octanol–water partition coefficient (Wildman–Crippen LogP) is 0.494. The van der Waals surface area contributed by atoms with Gasteiger partial charge in [0, 0.05) is 6.61 Å². The van der Waals surface area contributed by atoms with E-state index in [1.54, 1.807) is 0 Å². The second-order valence-corrected chi connectivity index (χ2v) is 5.94. The Kier molecular flexibility index (Phi) is 5.05. The van der Waals surface area contributed by atoms with Crippen molar-refractivity contribution >= 4 is 19.4 Å². The van der Waals surface area contributed by atoms with E-state index >= 15 is 0 Å². The largest absolute Gasteiger partial charge is 0.477 e. The highest BCUT2D eigenvalue weighted by Gasteiger charge is 2.45. The smallest absolute Gasteiger partial charge is 0.401 e. The molecule has 0 heterocycles. The van der Waals surface area contributed by atoms with Crippen LogP contribution in [0.2, 0.25) is 0 Å². The summed E-state index contributed by atoms with van der Waals surface area (Å²) in [5.74, 6) is 0. The Morgan fingerprint density at radius 2 is 1.77 bits per heavy atom. The molecule has 0 fully saturated rings. The average molecular weight is 204 g/mol. The molecule has 4 nitrogen and oxygen atoms in total. The summed E-state index contributed by atoms with van der Waals surface area (Å²) in [6.45, 7) is 4.63. The number of rotatable bonds is 6. The average Bonchev–Trinajstić information content (AvgIpc) is 2.03. The Morgan fingerprint density at radius 1 is 1.31 bits per heavy atom. The highest BCUT2D eigenvalue weighted by atomic mass is 28.4. The zero-order valence-electron chi connectivity index (χ0n) is 8.29. The molecule has 0 atom stereocenters. The lowest BCUT2D eigenvalue weighted by Gasteiger charge is -2.18. The van der Waals surface area contributed by atoms with Crippen molar-refractivity contribution in [2.45, 2.75) is 33.6 Å². The van der Waals surface area contributed by atoms with Crippen molar-refractivity contribution in [1.29, 1.82) is 0 Å². The minimum Gasteiger partial charge on any atom is -0.401 e. The Balaban J connectivity index is 4.26. The fraction of sp³-hybridized carbons (Fsp3) is 0.750. The first kappa shape index (κ1) is 12.5. The van der Waals surface area contributed by atoms with Gasteiger partial charge in [0.15, 0.2) is 10.8 Å². The second-order valence-electron chi connectivity index (χ2n) is 2.96. The van der Waals surface area contributed by atoms with Crippen LogP contribution in [-0.2, 0) is 14.0 Å². The summed E-state index contributed by atoms with van der Waals surface area (Å²) in [7, 11) is -3.72. The Labute approximate surface area is 79.2 Å². The molecule has 0 aromatic rings. The zero-order chi connectivity index (χ0) is 10.5. The monoisotopic (exact) mass is 204 g/mol. The minimum absolute atomic E-state index is 0.276. The molecule has 1 N–H and O–H groups in total. The molecular weight excluding hydrogens is 188 g/mol. The van der Waals surface area contributed by atoms with E-state index in [-0.39, 0.29) is 6.61 Å². The van der Waals surface area contributed by atoms with Gasteiger partial charge in [-0.15, -0.1) is 0 Å². The summed E-state index contributed by atoms with van der Waals surface area (Å²) in [6, 6.07) is 0. The van der Waals surface area contributed by atoms with Gasteiger partial charge in [0.2, 0.25) is 0 Å². The van der Waals surface area contributed by atoms with E-state index in [1.807, 2.05) is 6.92 Å². The van der Waals surface area contributed by atoms with Gasteiger partial charge in [-0.1, -0.05) is 13.3 Å². The lowest BCUT2D eigenvalue weighted by molar-refractivity contribution is -0.119. The Bertz CT molecular complexity index is 188. The van der Waals surface area contributed by atoms with Gasteiger partial charge in [-0.25, -0.2) is 0 Å². The van der Waals surface area contributed by atoms with E-state index in [9.17, 15) is 14.4 Å². The fourth-order valence-corrected chi connectivity index (χ4v) is 2.16. The van der Waals surface area contributed by atoms with Gasteiger partial charge in [-0.05, 0) is 20.3 Å². The lowest BCUT2D eigenvalue weighted by Crippen LogP contribution is -2.53. The van der Waals surface area contributed by atoms with Crippen LogP contribution in [0.1, 0.15) is 33.6 Å². The topological polar surface area (TPSA) is 63.6 Å². The highest BCUT2D eigenvalue weighted by Crippen LogP contribution is 2.05.